The highest BCUT2D eigenvalue weighted by molar-refractivity contribution is 8.19. The number of carbonyl (C=O) groups is 2. The summed E-state index contributed by atoms with van der Waals surface area (Å²) in [6.45, 7) is 0. The predicted octanol–water partition coefficient (Wildman–Crippen LogP) is 6.63. The number of halogens is 3. The molecule has 0 N–H and O–H groups in total. The molecule has 140 valence electrons. The Balaban J connectivity index is 1.65. The number of thioether (sulfide) groups is 1. The lowest BCUT2D eigenvalue weighted by molar-refractivity contribution is -0.113. The number of hydrogen-bond acceptors (Lipinski definition) is 4. The molecule has 0 radical (unpaired) electrons. The molecular formula is C20H10Cl2FNO3S. The normalized spacial score (nSPS) is 15.7. The van der Waals surface area contributed by atoms with Crippen LogP contribution in [0.1, 0.15) is 5.76 Å². The van der Waals surface area contributed by atoms with Crippen LogP contribution < -0.4 is 4.90 Å². The van der Waals surface area contributed by atoms with Crippen molar-refractivity contribution >= 4 is 57.9 Å². The second-order valence-corrected chi connectivity index (χ2v) is 7.63. The molecule has 0 spiro atoms. The van der Waals surface area contributed by atoms with Crippen LogP contribution in [0.5, 0.6) is 0 Å². The highest BCUT2D eigenvalue weighted by Crippen LogP contribution is 2.38. The number of furan rings is 1. The number of nitrogens with zero attached hydrogens (tertiary/aromatic N) is 1. The first-order valence-electron chi connectivity index (χ1n) is 8.02. The maximum absolute atomic E-state index is 14.0. The van der Waals surface area contributed by atoms with Crippen LogP contribution in [-0.4, -0.2) is 11.1 Å². The minimum absolute atomic E-state index is 0.0840. The Labute approximate surface area is 173 Å². The highest BCUT2D eigenvalue weighted by atomic mass is 35.5. The van der Waals surface area contributed by atoms with E-state index in [-0.39, 0.29) is 10.6 Å². The van der Waals surface area contributed by atoms with Gasteiger partial charge in [-0.1, -0.05) is 35.3 Å². The molecule has 1 fully saturated rings. The predicted molar refractivity (Wildman–Crippen MR) is 109 cm³/mol. The first-order valence-corrected chi connectivity index (χ1v) is 9.59. The molecule has 0 bridgehead atoms. The maximum Gasteiger partial charge on any atom is 0.298 e. The molecule has 4 rings (SSSR count). The summed E-state index contributed by atoms with van der Waals surface area (Å²) < 4.78 is 19.7. The molecule has 3 aromatic rings. The van der Waals surface area contributed by atoms with E-state index in [1.54, 1.807) is 36.4 Å². The van der Waals surface area contributed by atoms with Crippen molar-refractivity contribution < 1.29 is 18.4 Å². The van der Waals surface area contributed by atoms with Gasteiger partial charge in [-0.25, -0.2) is 9.29 Å². The molecule has 2 aromatic carbocycles. The Morgan fingerprint density at radius 1 is 1.04 bits per heavy atom. The zero-order valence-electron chi connectivity index (χ0n) is 14.0. The van der Waals surface area contributed by atoms with Crippen LogP contribution in [0.4, 0.5) is 14.9 Å². The number of rotatable bonds is 3. The first-order chi connectivity index (χ1) is 13.4. The molecule has 2 amide bonds. The third-order valence-corrected chi connectivity index (χ3v) is 5.42. The SMILES string of the molecule is O=C1S/C(=C/c2ccc(-c3cc(Cl)ccc3Cl)o2)C(=O)N1c1ccccc1F. The average molecular weight is 434 g/mol. The molecular weight excluding hydrogens is 424 g/mol. The van der Waals surface area contributed by atoms with E-state index >= 15 is 0 Å². The van der Waals surface area contributed by atoms with Gasteiger partial charge in [0.2, 0.25) is 0 Å². The van der Waals surface area contributed by atoms with Gasteiger partial charge in [-0.3, -0.25) is 9.59 Å². The lowest BCUT2D eigenvalue weighted by atomic mass is 10.2. The molecule has 0 aliphatic carbocycles. The molecule has 2 heterocycles. The van der Waals surface area contributed by atoms with Gasteiger partial charge in [0.25, 0.3) is 11.1 Å². The monoisotopic (exact) mass is 433 g/mol. The third-order valence-electron chi connectivity index (χ3n) is 3.98. The van der Waals surface area contributed by atoms with E-state index < -0.39 is 17.0 Å². The first kappa shape index (κ1) is 18.8. The van der Waals surface area contributed by atoms with Gasteiger partial charge in [0.1, 0.15) is 17.3 Å². The molecule has 1 aliphatic rings. The number of benzene rings is 2. The van der Waals surface area contributed by atoms with Gasteiger partial charge in [0.05, 0.1) is 15.6 Å². The van der Waals surface area contributed by atoms with Crippen molar-refractivity contribution in [1.29, 1.82) is 0 Å². The van der Waals surface area contributed by atoms with Crippen LogP contribution >= 0.6 is 35.0 Å². The van der Waals surface area contributed by atoms with Crippen molar-refractivity contribution in [3.63, 3.8) is 0 Å². The summed E-state index contributed by atoms with van der Waals surface area (Å²) in [7, 11) is 0. The van der Waals surface area contributed by atoms with E-state index in [4.69, 9.17) is 27.6 Å². The van der Waals surface area contributed by atoms with E-state index in [1.165, 1.54) is 24.3 Å². The number of carbonyl (C=O) groups excluding carboxylic acids is 2. The van der Waals surface area contributed by atoms with Crippen molar-refractivity contribution in [3.05, 3.63) is 81.1 Å². The Bertz CT molecular complexity index is 1140. The quantitative estimate of drug-likeness (QED) is 0.434. The van der Waals surface area contributed by atoms with Gasteiger partial charge in [-0.15, -0.1) is 0 Å². The van der Waals surface area contributed by atoms with E-state index in [1.807, 2.05) is 0 Å². The van der Waals surface area contributed by atoms with Gasteiger partial charge < -0.3 is 4.42 Å². The minimum Gasteiger partial charge on any atom is -0.457 e. The van der Waals surface area contributed by atoms with Crippen molar-refractivity contribution in [2.24, 2.45) is 0 Å². The average Bonchev–Trinajstić information content (AvgIpc) is 3.23. The highest BCUT2D eigenvalue weighted by Gasteiger charge is 2.37. The van der Waals surface area contributed by atoms with Crippen LogP contribution in [0.3, 0.4) is 0 Å². The molecule has 0 atom stereocenters. The third kappa shape index (κ3) is 3.46. The summed E-state index contributed by atoms with van der Waals surface area (Å²) in [5.74, 6) is -0.446. The standard InChI is InChI=1S/C20H10Cl2FNO3S/c21-11-5-7-14(22)13(9-11)17-8-6-12(27-17)10-18-19(25)24(20(26)28-18)16-4-2-1-3-15(16)23/h1-10H/b18-10+. The number of amides is 2. The largest absolute Gasteiger partial charge is 0.457 e. The summed E-state index contributed by atoms with van der Waals surface area (Å²) in [5, 5.41) is 0.388. The van der Waals surface area contributed by atoms with E-state index in [0.717, 1.165) is 4.90 Å². The molecule has 4 nitrogen and oxygen atoms in total. The topological polar surface area (TPSA) is 50.5 Å². The molecule has 1 saturated heterocycles. The van der Waals surface area contributed by atoms with Crippen LogP contribution in [0.2, 0.25) is 10.0 Å². The Morgan fingerprint density at radius 3 is 2.61 bits per heavy atom. The van der Waals surface area contributed by atoms with Gasteiger partial charge in [-0.2, -0.15) is 0 Å². The van der Waals surface area contributed by atoms with E-state index in [0.29, 0.717) is 38.9 Å². The fourth-order valence-corrected chi connectivity index (χ4v) is 3.90. The summed E-state index contributed by atoms with van der Waals surface area (Å²) in [6, 6.07) is 13.9. The van der Waals surface area contributed by atoms with Crippen molar-refractivity contribution in [1.82, 2.24) is 0 Å². The Hall–Kier alpha value is -2.54. The fraction of sp³-hybridized carbons (Fsp3) is 0. The van der Waals surface area contributed by atoms with E-state index in [9.17, 15) is 14.0 Å². The molecule has 28 heavy (non-hydrogen) atoms. The zero-order chi connectivity index (χ0) is 19.8. The summed E-state index contributed by atoms with van der Waals surface area (Å²) >= 11 is 12.9. The van der Waals surface area contributed by atoms with Crippen LogP contribution in [0, 0.1) is 5.82 Å². The number of imide groups is 1. The van der Waals surface area contributed by atoms with Gasteiger partial charge in [0.15, 0.2) is 0 Å². The number of anilines is 1. The zero-order valence-corrected chi connectivity index (χ0v) is 16.3. The van der Waals surface area contributed by atoms with Crippen molar-refractivity contribution in [3.8, 4) is 11.3 Å². The van der Waals surface area contributed by atoms with Crippen LogP contribution in [0.15, 0.2) is 63.9 Å². The van der Waals surface area contributed by atoms with Gasteiger partial charge in [-0.05, 0) is 54.2 Å². The molecule has 0 unspecified atom stereocenters. The summed E-state index contributed by atoms with van der Waals surface area (Å²) in [6.07, 6.45) is 1.44. The van der Waals surface area contributed by atoms with Gasteiger partial charge in [0, 0.05) is 16.7 Å². The molecule has 8 heteroatoms. The second-order valence-electron chi connectivity index (χ2n) is 5.79. The van der Waals surface area contributed by atoms with E-state index in [2.05, 4.69) is 0 Å². The molecule has 1 aromatic heterocycles. The lowest BCUT2D eigenvalue weighted by Gasteiger charge is -2.12. The summed E-state index contributed by atoms with van der Waals surface area (Å²) in [4.78, 5) is 25.8. The number of para-hydroxylation sites is 1. The fourth-order valence-electron chi connectivity index (χ4n) is 2.70. The lowest BCUT2D eigenvalue weighted by Crippen LogP contribution is -2.28. The minimum atomic E-state index is -0.651. The molecule has 0 saturated carbocycles. The van der Waals surface area contributed by atoms with Crippen LogP contribution in [0.25, 0.3) is 17.4 Å². The van der Waals surface area contributed by atoms with Crippen LogP contribution in [-0.2, 0) is 4.79 Å². The van der Waals surface area contributed by atoms with Crippen molar-refractivity contribution in [2.45, 2.75) is 0 Å². The van der Waals surface area contributed by atoms with Gasteiger partial charge >= 0.3 is 0 Å². The maximum atomic E-state index is 14.0. The Kier molecular flexibility index (Phi) is 5.02. The second kappa shape index (κ2) is 7.47. The number of hydrogen-bond donors (Lipinski definition) is 0. The summed E-state index contributed by atoms with van der Waals surface area (Å²) in [5.41, 5.74) is 0.521. The van der Waals surface area contributed by atoms with Crippen molar-refractivity contribution in [2.75, 3.05) is 4.90 Å². The molecule has 1 aliphatic heterocycles. The smallest absolute Gasteiger partial charge is 0.298 e. The Morgan fingerprint density at radius 2 is 1.82 bits per heavy atom.